The monoisotopic (exact) mass is 864 g/mol. The van der Waals surface area contributed by atoms with Crippen molar-refractivity contribution in [3.63, 3.8) is 0 Å². The molecule has 2 heterocycles. The normalized spacial score (nSPS) is 11.8. The molecule has 0 unspecified atom stereocenters. The highest BCUT2D eigenvalue weighted by Crippen LogP contribution is 2.66. The number of aromatic hydroxyl groups is 23. The van der Waals surface area contributed by atoms with Gasteiger partial charge >= 0.3 is 0 Å². The van der Waals surface area contributed by atoms with Gasteiger partial charge in [-0.05, 0) is 5.46 Å². The molecule has 0 saturated heterocycles. The standard InChI is InChI=1S/C36H25BN2O23/c37-7-20(46)8-1(14(40)21(7)47)2-9(22(48)32(58)27(53)15(2)41)38(8)10-3(16(42)28(54)33(59)23(10)49)4-11(24(50)34(60)29(55)17(4)43)39-12-5(18(44)30(56)35(61)25(12)51)6-13(39)26(52)36(62)31(57)19(6)45/h40-62H,37H2. The quantitative estimate of drug-likeness (QED) is 0.0670. The van der Waals surface area contributed by atoms with Crippen LogP contribution in [0.4, 0.5) is 0 Å². The highest BCUT2D eigenvalue weighted by Gasteiger charge is 2.41. The van der Waals surface area contributed by atoms with Crippen molar-refractivity contribution < 1.29 is 117 Å². The molecular weight excluding hydrogens is 839 g/mol. The van der Waals surface area contributed by atoms with Crippen molar-refractivity contribution in [3.8, 4) is 155 Å². The maximum atomic E-state index is 11.7. The molecule has 6 aromatic carbocycles. The van der Waals surface area contributed by atoms with E-state index < -0.39 is 204 Å². The van der Waals surface area contributed by atoms with Crippen molar-refractivity contribution >= 4 is 56.9 Å². The van der Waals surface area contributed by atoms with Crippen LogP contribution in [-0.4, -0.2) is 134 Å². The minimum absolute atomic E-state index is 0.103. The van der Waals surface area contributed by atoms with Crippen LogP contribution in [0.5, 0.6) is 132 Å². The number of phenols is 23. The molecule has 0 aliphatic rings. The Hall–Kier alpha value is -9.62. The lowest BCUT2D eigenvalue weighted by Crippen LogP contribution is -2.08. The molecule has 0 aliphatic carbocycles. The van der Waals surface area contributed by atoms with E-state index in [-0.39, 0.29) is 9.13 Å². The fraction of sp³-hybridized carbons (Fsp3) is 0. The molecule has 0 bridgehead atoms. The zero-order chi connectivity index (χ0) is 45.9. The van der Waals surface area contributed by atoms with E-state index in [1.165, 1.54) is 0 Å². The first-order valence-corrected chi connectivity index (χ1v) is 16.7. The van der Waals surface area contributed by atoms with Gasteiger partial charge in [0, 0.05) is 0 Å². The Morgan fingerprint density at radius 3 is 0.710 bits per heavy atom. The van der Waals surface area contributed by atoms with Crippen molar-refractivity contribution in [1.29, 1.82) is 0 Å². The number of aromatic nitrogens is 2. The number of fused-ring (bicyclic) bond motifs is 6. The van der Waals surface area contributed by atoms with E-state index >= 15 is 0 Å². The summed E-state index contributed by atoms with van der Waals surface area (Å²) in [6.45, 7) is 0. The summed E-state index contributed by atoms with van der Waals surface area (Å²) in [4.78, 5) is 0. The molecule has 25 nitrogen and oxygen atoms in total. The molecule has 8 rings (SSSR count). The summed E-state index contributed by atoms with van der Waals surface area (Å²) in [6, 6.07) is 0. The summed E-state index contributed by atoms with van der Waals surface area (Å²) >= 11 is 0. The maximum absolute atomic E-state index is 11.7. The van der Waals surface area contributed by atoms with E-state index in [0.717, 1.165) is 7.85 Å². The number of hydrogen-bond acceptors (Lipinski definition) is 23. The van der Waals surface area contributed by atoms with E-state index in [4.69, 9.17) is 0 Å². The molecule has 0 amide bonds. The highest BCUT2D eigenvalue weighted by molar-refractivity contribution is 6.39. The van der Waals surface area contributed by atoms with Crippen molar-refractivity contribution in [2.24, 2.45) is 0 Å². The summed E-state index contributed by atoms with van der Waals surface area (Å²) in [5.41, 5.74) is -11.4. The van der Waals surface area contributed by atoms with Gasteiger partial charge in [0.25, 0.3) is 0 Å². The highest BCUT2D eigenvalue weighted by atomic mass is 16.4. The second-order valence-electron chi connectivity index (χ2n) is 13.7. The predicted molar refractivity (Wildman–Crippen MR) is 207 cm³/mol. The predicted octanol–water partition coefficient (Wildman–Crippen LogP) is 1.04. The van der Waals surface area contributed by atoms with Gasteiger partial charge in [0.1, 0.15) is 47.0 Å². The zero-order valence-electron chi connectivity index (χ0n) is 30.2. The van der Waals surface area contributed by atoms with Crippen molar-refractivity contribution in [2.45, 2.75) is 0 Å². The Kier molecular flexibility index (Phi) is 7.57. The van der Waals surface area contributed by atoms with Crippen LogP contribution in [0.25, 0.3) is 66.1 Å². The minimum Gasteiger partial charge on any atom is -0.506 e. The summed E-state index contributed by atoms with van der Waals surface area (Å²) in [7, 11) is 0.958. The minimum atomic E-state index is -1.82. The largest absolute Gasteiger partial charge is 0.506 e. The molecule has 8 aromatic rings. The van der Waals surface area contributed by atoms with Gasteiger partial charge in [0.2, 0.25) is 57.5 Å². The van der Waals surface area contributed by atoms with Gasteiger partial charge in [-0.1, -0.05) is 0 Å². The third kappa shape index (κ3) is 4.23. The number of hydrogen-bond donors (Lipinski definition) is 23. The maximum Gasteiger partial charge on any atom is 0.206 e. The lowest BCUT2D eigenvalue weighted by Gasteiger charge is -2.24. The molecule has 0 saturated carbocycles. The number of benzene rings is 6. The summed E-state index contributed by atoms with van der Waals surface area (Å²) < 4.78 is 0.325. The fourth-order valence-electron chi connectivity index (χ4n) is 7.64. The van der Waals surface area contributed by atoms with E-state index in [0.29, 0.717) is 0 Å². The number of nitrogens with zero attached hydrogens (tertiary/aromatic N) is 2. The van der Waals surface area contributed by atoms with E-state index in [1.807, 2.05) is 0 Å². The summed E-state index contributed by atoms with van der Waals surface area (Å²) in [5, 5.41) is 251. The third-order valence-electron chi connectivity index (χ3n) is 10.6. The van der Waals surface area contributed by atoms with E-state index in [1.54, 1.807) is 0 Å². The van der Waals surface area contributed by atoms with Gasteiger partial charge in [0.05, 0.1) is 32.7 Å². The van der Waals surface area contributed by atoms with Crippen LogP contribution in [0.15, 0.2) is 0 Å². The molecule has 62 heavy (non-hydrogen) atoms. The van der Waals surface area contributed by atoms with Crippen molar-refractivity contribution in [2.75, 3.05) is 0 Å². The molecule has 2 aromatic heterocycles. The van der Waals surface area contributed by atoms with Crippen LogP contribution < -0.4 is 5.46 Å². The molecule has 0 fully saturated rings. The Labute approximate surface area is 338 Å². The smallest absolute Gasteiger partial charge is 0.206 e. The fourth-order valence-corrected chi connectivity index (χ4v) is 7.64. The first-order chi connectivity index (χ1) is 28.9. The Morgan fingerprint density at radius 1 is 0.210 bits per heavy atom. The van der Waals surface area contributed by atoms with Crippen LogP contribution in [-0.2, 0) is 0 Å². The van der Waals surface area contributed by atoms with Crippen LogP contribution in [0.2, 0.25) is 0 Å². The first-order valence-electron chi connectivity index (χ1n) is 16.7. The third-order valence-corrected chi connectivity index (χ3v) is 10.6. The van der Waals surface area contributed by atoms with Gasteiger partial charge in [0.15, 0.2) is 69.0 Å². The Bertz CT molecular complexity index is 3080. The average Bonchev–Trinajstić information content (AvgIpc) is 3.79. The second kappa shape index (κ2) is 12.0. The molecular formula is C36H25BN2O23. The van der Waals surface area contributed by atoms with Crippen molar-refractivity contribution in [3.05, 3.63) is 0 Å². The SMILES string of the molecule is Bc1c(O)c(O)c2c3c(O)c(O)c(O)c(O)c3n(-c3c(O)c(O)c(O)c(O)c3-c3c(O)c(O)c(O)c(O)c3-n3c4c(O)c(O)c(O)c(O)c4c4c(O)c(O)c(O)c(O)c43)c2c1O. The lowest BCUT2D eigenvalue weighted by atomic mass is 9.91. The Morgan fingerprint density at radius 2 is 0.419 bits per heavy atom. The van der Waals surface area contributed by atoms with Crippen LogP contribution in [0.1, 0.15) is 0 Å². The molecule has 0 aliphatic heterocycles. The molecule has 0 atom stereocenters. The molecule has 0 spiro atoms. The lowest BCUT2D eigenvalue weighted by molar-refractivity contribution is 0.342. The Balaban J connectivity index is 1.76. The van der Waals surface area contributed by atoms with Gasteiger partial charge in [-0.3, -0.25) is 9.13 Å². The summed E-state index contributed by atoms with van der Waals surface area (Å²) in [5.74, 6) is -36.5. The molecule has 320 valence electrons. The average molecular weight is 864 g/mol. The van der Waals surface area contributed by atoms with Gasteiger partial charge in [-0.25, -0.2) is 0 Å². The zero-order valence-corrected chi connectivity index (χ0v) is 30.2. The van der Waals surface area contributed by atoms with E-state index in [9.17, 15) is 117 Å². The topological polar surface area (TPSA) is 475 Å². The molecule has 0 radical (unpaired) electrons. The van der Waals surface area contributed by atoms with Crippen LogP contribution in [0.3, 0.4) is 0 Å². The second-order valence-corrected chi connectivity index (χ2v) is 13.7. The van der Waals surface area contributed by atoms with Crippen LogP contribution >= 0.6 is 0 Å². The van der Waals surface area contributed by atoms with Gasteiger partial charge in [-0.2, -0.15) is 0 Å². The number of rotatable bonds is 3. The molecule has 23 N–H and O–H groups in total. The van der Waals surface area contributed by atoms with E-state index in [2.05, 4.69) is 0 Å². The van der Waals surface area contributed by atoms with Gasteiger partial charge in [-0.15, -0.1) is 0 Å². The molecule has 26 heteroatoms. The van der Waals surface area contributed by atoms with Crippen molar-refractivity contribution in [1.82, 2.24) is 9.13 Å². The summed E-state index contributed by atoms with van der Waals surface area (Å²) in [6.07, 6.45) is 0. The van der Waals surface area contributed by atoms with Crippen LogP contribution in [0, 0.1) is 0 Å². The first kappa shape index (κ1) is 39.2. The van der Waals surface area contributed by atoms with Gasteiger partial charge < -0.3 is 117 Å². The number of phenolic OH excluding ortho intramolecular Hbond substituents is 23.